The zero-order valence-corrected chi connectivity index (χ0v) is 12.4. The van der Waals surface area contributed by atoms with Gasteiger partial charge in [-0.2, -0.15) is 0 Å². The largest absolute Gasteiger partial charge is 0.345 e. The van der Waals surface area contributed by atoms with Crippen LogP contribution in [0.2, 0.25) is 0 Å². The molecule has 1 aromatic heterocycles. The van der Waals surface area contributed by atoms with E-state index in [1.807, 2.05) is 30.1 Å². The lowest BCUT2D eigenvalue weighted by Gasteiger charge is -2.27. The van der Waals surface area contributed by atoms with Crippen LogP contribution in [0.3, 0.4) is 0 Å². The summed E-state index contributed by atoms with van der Waals surface area (Å²) in [4.78, 5) is 21.8. The molecule has 0 saturated heterocycles. The zero-order chi connectivity index (χ0) is 14.4. The summed E-state index contributed by atoms with van der Waals surface area (Å²) in [5, 5.41) is 0. The van der Waals surface area contributed by atoms with Gasteiger partial charge < -0.3 is 9.88 Å². The maximum Gasteiger partial charge on any atom is 0.253 e. The van der Waals surface area contributed by atoms with Crippen LogP contribution in [0.1, 0.15) is 36.0 Å². The summed E-state index contributed by atoms with van der Waals surface area (Å²) in [5.74, 6) is 2.63. The van der Waals surface area contributed by atoms with E-state index in [1.165, 1.54) is 25.7 Å². The van der Waals surface area contributed by atoms with Gasteiger partial charge in [0.2, 0.25) is 0 Å². The van der Waals surface area contributed by atoms with E-state index in [0.717, 1.165) is 35.0 Å². The van der Waals surface area contributed by atoms with Crippen LogP contribution in [0.5, 0.6) is 0 Å². The molecule has 3 atom stereocenters. The van der Waals surface area contributed by atoms with Crippen LogP contribution < -0.4 is 0 Å². The highest BCUT2D eigenvalue weighted by Crippen LogP contribution is 2.48. The van der Waals surface area contributed by atoms with Crippen LogP contribution in [0.15, 0.2) is 24.5 Å². The minimum absolute atomic E-state index is 0.120. The summed E-state index contributed by atoms with van der Waals surface area (Å²) in [7, 11) is 1.94. The first kappa shape index (κ1) is 12.9. The summed E-state index contributed by atoms with van der Waals surface area (Å²) in [6.45, 7) is 0.904. The average molecular weight is 283 g/mol. The lowest BCUT2D eigenvalue weighted by atomic mass is 9.88. The van der Waals surface area contributed by atoms with Crippen molar-refractivity contribution in [1.82, 2.24) is 14.9 Å². The summed E-state index contributed by atoms with van der Waals surface area (Å²) < 4.78 is 0. The standard InChI is InChI=1S/C17H21N3O/c1-20(9-14-7-11-2-3-12(14)6-11)17(21)13-4-5-15-16(8-13)19-10-18-15/h4-5,8,10-12,14H,2-3,6-7,9H2,1H3,(H,18,19). The lowest BCUT2D eigenvalue weighted by molar-refractivity contribution is 0.0754. The molecule has 4 nitrogen and oxygen atoms in total. The van der Waals surface area contributed by atoms with Gasteiger partial charge in [-0.05, 0) is 55.2 Å². The maximum absolute atomic E-state index is 12.6. The number of carbonyl (C=O) groups excluding carboxylic acids is 1. The van der Waals surface area contributed by atoms with Crippen LogP contribution in [0, 0.1) is 17.8 Å². The van der Waals surface area contributed by atoms with E-state index in [4.69, 9.17) is 0 Å². The number of H-pyrrole nitrogens is 1. The number of hydrogen-bond acceptors (Lipinski definition) is 2. The molecule has 2 fully saturated rings. The van der Waals surface area contributed by atoms with Gasteiger partial charge >= 0.3 is 0 Å². The molecule has 0 aliphatic heterocycles. The Balaban J connectivity index is 1.48. The van der Waals surface area contributed by atoms with Crippen LogP contribution in [-0.4, -0.2) is 34.4 Å². The van der Waals surface area contributed by atoms with Gasteiger partial charge in [0, 0.05) is 19.2 Å². The van der Waals surface area contributed by atoms with Gasteiger partial charge in [0.15, 0.2) is 0 Å². The van der Waals surface area contributed by atoms with Crippen molar-refractivity contribution in [3.8, 4) is 0 Å². The third-order valence-corrected chi connectivity index (χ3v) is 5.41. The van der Waals surface area contributed by atoms with Gasteiger partial charge in [0.25, 0.3) is 5.91 Å². The molecule has 2 aliphatic carbocycles. The fraction of sp³-hybridized carbons (Fsp3) is 0.529. The van der Waals surface area contributed by atoms with Crippen LogP contribution in [-0.2, 0) is 0 Å². The topological polar surface area (TPSA) is 49.0 Å². The highest BCUT2D eigenvalue weighted by Gasteiger charge is 2.40. The third-order valence-electron chi connectivity index (χ3n) is 5.41. The van der Waals surface area contributed by atoms with Gasteiger partial charge in [-0.3, -0.25) is 4.79 Å². The summed E-state index contributed by atoms with van der Waals surface area (Å²) in [5.41, 5.74) is 2.58. The minimum Gasteiger partial charge on any atom is -0.345 e. The van der Waals surface area contributed by atoms with Crippen LogP contribution in [0.4, 0.5) is 0 Å². The van der Waals surface area contributed by atoms with E-state index >= 15 is 0 Å². The summed E-state index contributed by atoms with van der Waals surface area (Å²) in [6, 6.07) is 5.69. The first-order chi connectivity index (χ1) is 10.2. The van der Waals surface area contributed by atoms with Crippen LogP contribution >= 0.6 is 0 Å². The van der Waals surface area contributed by atoms with E-state index in [1.54, 1.807) is 6.33 Å². The number of aromatic nitrogens is 2. The maximum atomic E-state index is 12.6. The normalized spacial score (nSPS) is 27.4. The molecule has 1 amide bonds. The molecule has 110 valence electrons. The number of aromatic amines is 1. The van der Waals surface area contributed by atoms with Gasteiger partial charge in [-0.25, -0.2) is 4.98 Å². The molecule has 1 heterocycles. The Kier molecular flexibility index (Phi) is 2.98. The highest BCUT2D eigenvalue weighted by molar-refractivity contribution is 5.97. The predicted octanol–water partition coefficient (Wildman–Crippen LogP) is 3.07. The number of carbonyl (C=O) groups is 1. The van der Waals surface area contributed by atoms with Crippen LogP contribution in [0.25, 0.3) is 11.0 Å². The second kappa shape index (κ2) is 4.86. The quantitative estimate of drug-likeness (QED) is 0.941. The molecule has 3 unspecified atom stereocenters. The Morgan fingerprint density at radius 2 is 2.29 bits per heavy atom. The lowest BCUT2D eigenvalue weighted by Crippen LogP contribution is -2.33. The molecule has 21 heavy (non-hydrogen) atoms. The highest BCUT2D eigenvalue weighted by atomic mass is 16.2. The summed E-state index contributed by atoms with van der Waals surface area (Å²) >= 11 is 0. The number of rotatable bonds is 3. The second-order valence-corrected chi connectivity index (χ2v) is 6.76. The molecule has 1 N–H and O–H groups in total. The number of amides is 1. The van der Waals surface area contributed by atoms with Crippen molar-refractivity contribution in [2.24, 2.45) is 17.8 Å². The van der Waals surface area contributed by atoms with Crippen molar-refractivity contribution in [3.63, 3.8) is 0 Å². The Labute approximate surface area is 124 Å². The van der Waals surface area contributed by atoms with Gasteiger partial charge in [0.1, 0.15) is 0 Å². The van der Waals surface area contributed by atoms with Crippen molar-refractivity contribution >= 4 is 16.9 Å². The monoisotopic (exact) mass is 283 g/mol. The molecule has 0 spiro atoms. The molecule has 4 heteroatoms. The van der Waals surface area contributed by atoms with E-state index in [9.17, 15) is 4.79 Å². The molecule has 1 aromatic carbocycles. The SMILES string of the molecule is CN(CC1CC2CCC1C2)C(=O)c1ccc2nc[nH]c2c1. The number of nitrogens with zero attached hydrogens (tertiary/aromatic N) is 2. The Hall–Kier alpha value is -1.84. The van der Waals surface area contributed by atoms with E-state index in [-0.39, 0.29) is 5.91 Å². The van der Waals surface area contributed by atoms with Crippen molar-refractivity contribution in [3.05, 3.63) is 30.1 Å². The number of benzene rings is 1. The predicted molar refractivity (Wildman–Crippen MR) is 82.0 cm³/mol. The molecular formula is C17H21N3O. The van der Waals surface area contributed by atoms with E-state index < -0.39 is 0 Å². The van der Waals surface area contributed by atoms with Crippen molar-refractivity contribution in [1.29, 1.82) is 0 Å². The first-order valence-electron chi connectivity index (χ1n) is 7.89. The number of imidazole rings is 1. The Bertz CT molecular complexity index is 677. The molecule has 2 aromatic rings. The molecule has 0 radical (unpaired) electrons. The molecule has 2 saturated carbocycles. The van der Waals surface area contributed by atoms with Gasteiger partial charge in [-0.15, -0.1) is 0 Å². The van der Waals surface area contributed by atoms with Gasteiger partial charge in [-0.1, -0.05) is 6.42 Å². The second-order valence-electron chi connectivity index (χ2n) is 6.76. The molecule has 2 aliphatic rings. The summed E-state index contributed by atoms with van der Waals surface area (Å²) in [6.07, 6.45) is 7.17. The Morgan fingerprint density at radius 3 is 3.05 bits per heavy atom. The van der Waals surface area contributed by atoms with Crippen molar-refractivity contribution < 1.29 is 4.79 Å². The number of fused-ring (bicyclic) bond motifs is 3. The number of hydrogen-bond donors (Lipinski definition) is 1. The van der Waals surface area contributed by atoms with E-state index in [2.05, 4.69) is 9.97 Å². The minimum atomic E-state index is 0.120. The van der Waals surface area contributed by atoms with Crippen molar-refractivity contribution in [2.75, 3.05) is 13.6 Å². The number of nitrogens with one attached hydrogen (secondary N) is 1. The fourth-order valence-electron chi connectivity index (χ4n) is 4.32. The fourth-order valence-corrected chi connectivity index (χ4v) is 4.32. The third kappa shape index (κ3) is 2.23. The van der Waals surface area contributed by atoms with E-state index in [0.29, 0.717) is 5.92 Å². The average Bonchev–Trinajstić information content (AvgIpc) is 3.21. The Morgan fingerprint density at radius 1 is 1.38 bits per heavy atom. The zero-order valence-electron chi connectivity index (χ0n) is 12.4. The molecule has 4 rings (SSSR count). The molecular weight excluding hydrogens is 262 g/mol. The first-order valence-corrected chi connectivity index (χ1v) is 7.89. The molecule has 2 bridgehead atoms. The smallest absolute Gasteiger partial charge is 0.253 e. The van der Waals surface area contributed by atoms with Crippen molar-refractivity contribution in [2.45, 2.75) is 25.7 Å². The van der Waals surface area contributed by atoms with Gasteiger partial charge in [0.05, 0.1) is 17.4 Å².